The summed E-state index contributed by atoms with van der Waals surface area (Å²) in [6.45, 7) is 2.19. The number of hydrogen-bond donors (Lipinski definition) is 2. The van der Waals surface area contributed by atoms with Crippen molar-refractivity contribution in [2.45, 2.75) is 13.5 Å². The molecule has 0 unspecified atom stereocenters. The molecular weight excluding hydrogens is 272 g/mol. The number of aliphatic hydroxyl groups is 1. The number of aryl methyl sites for hydroxylation is 1. The lowest BCUT2D eigenvalue weighted by atomic mass is 10.1. The largest absolute Gasteiger partial charge is 0.384 e. The maximum Gasteiger partial charge on any atom is 0.251 e. The minimum atomic E-state index is -0.171. The lowest BCUT2D eigenvalue weighted by Gasteiger charge is -2.03. The molecule has 0 fully saturated rings. The molecule has 0 aliphatic heterocycles. The first-order chi connectivity index (χ1) is 9.69. The van der Waals surface area contributed by atoms with E-state index < -0.39 is 0 Å². The molecule has 102 valence electrons. The molecule has 1 aromatic carbocycles. The number of aliphatic hydroxyl groups excluding tert-OH is 1. The smallest absolute Gasteiger partial charge is 0.251 e. The number of carbonyl (C=O) groups excluding carboxylic acids is 1. The Balaban J connectivity index is 1.95. The van der Waals surface area contributed by atoms with Crippen LogP contribution in [0.4, 0.5) is 0 Å². The third-order valence-electron chi connectivity index (χ3n) is 2.56. The van der Waals surface area contributed by atoms with E-state index in [0.29, 0.717) is 12.1 Å². The Hall–Kier alpha value is -2.16. The molecule has 2 rings (SSSR count). The summed E-state index contributed by atoms with van der Waals surface area (Å²) in [7, 11) is 0. The van der Waals surface area contributed by atoms with Gasteiger partial charge in [0.05, 0.1) is 17.2 Å². The van der Waals surface area contributed by atoms with E-state index >= 15 is 0 Å². The number of nitrogens with zero attached hydrogens (tertiary/aromatic N) is 1. The number of thiazole rings is 1. The van der Waals surface area contributed by atoms with Crippen LogP contribution < -0.4 is 5.32 Å². The molecule has 0 saturated heterocycles. The third-order valence-corrected chi connectivity index (χ3v) is 3.38. The van der Waals surface area contributed by atoms with Gasteiger partial charge in [0.1, 0.15) is 6.61 Å². The molecule has 20 heavy (non-hydrogen) atoms. The van der Waals surface area contributed by atoms with Gasteiger partial charge in [-0.05, 0) is 31.2 Å². The molecule has 4 nitrogen and oxygen atoms in total. The van der Waals surface area contributed by atoms with Gasteiger partial charge in [0, 0.05) is 16.5 Å². The van der Waals surface area contributed by atoms with E-state index in [0.717, 1.165) is 16.3 Å². The fraction of sp³-hybridized carbons (Fsp3) is 0.200. The lowest BCUT2D eigenvalue weighted by molar-refractivity contribution is 0.0950. The molecule has 0 saturated carbocycles. The van der Waals surface area contributed by atoms with Gasteiger partial charge in [-0.1, -0.05) is 11.8 Å². The maximum atomic E-state index is 11.9. The van der Waals surface area contributed by atoms with Crippen molar-refractivity contribution in [1.82, 2.24) is 10.3 Å². The zero-order chi connectivity index (χ0) is 14.4. The highest BCUT2D eigenvalue weighted by molar-refractivity contribution is 7.09. The average molecular weight is 286 g/mol. The zero-order valence-electron chi connectivity index (χ0n) is 11.0. The van der Waals surface area contributed by atoms with Crippen LogP contribution in [0.5, 0.6) is 0 Å². The summed E-state index contributed by atoms with van der Waals surface area (Å²) in [6, 6.07) is 6.93. The van der Waals surface area contributed by atoms with E-state index in [1.165, 1.54) is 0 Å². The van der Waals surface area contributed by atoms with Crippen LogP contribution in [0.25, 0.3) is 0 Å². The van der Waals surface area contributed by atoms with Crippen LogP contribution in [0.1, 0.15) is 26.6 Å². The van der Waals surface area contributed by atoms with Crippen LogP contribution in [-0.4, -0.2) is 22.6 Å². The van der Waals surface area contributed by atoms with Crippen molar-refractivity contribution in [3.05, 3.63) is 51.5 Å². The second-order valence-corrected chi connectivity index (χ2v) is 5.14. The van der Waals surface area contributed by atoms with Crippen molar-refractivity contribution >= 4 is 17.2 Å². The number of amides is 1. The number of hydrogen-bond acceptors (Lipinski definition) is 4. The van der Waals surface area contributed by atoms with Crippen molar-refractivity contribution in [3.8, 4) is 11.8 Å². The predicted molar refractivity (Wildman–Crippen MR) is 78.4 cm³/mol. The SMILES string of the molecule is Cc1nc(CNC(=O)c2ccc(C#CCO)cc2)cs1. The molecule has 0 aliphatic rings. The van der Waals surface area contributed by atoms with Crippen LogP contribution in [-0.2, 0) is 6.54 Å². The van der Waals surface area contributed by atoms with Gasteiger partial charge < -0.3 is 10.4 Å². The first kappa shape index (κ1) is 14.3. The second kappa shape index (κ2) is 6.85. The first-order valence-corrected chi connectivity index (χ1v) is 6.96. The quantitative estimate of drug-likeness (QED) is 0.845. The molecule has 0 spiro atoms. The number of aromatic nitrogens is 1. The van der Waals surface area contributed by atoms with Crippen LogP contribution in [0, 0.1) is 18.8 Å². The van der Waals surface area contributed by atoms with Crippen molar-refractivity contribution in [2.75, 3.05) is 6.61 Å². The molecule has 1 aromatic heterocycles. The highest BCUT2D eigenvalue weighted by atomic mass is 32.1. The van der Waals surface area contributed by atoms with Gasteiger partial charge in [-0.25, -0.2) is 4.98 Å². The second-order valence-electron chi connectivity index (χ2n) is 4.08. The number of rotatable bonds is 3. The average Bonchev–Trinajstić information content (AvgIpc) is 2.89. The molecule has 0 radical (unpaired) electrons. The highest BCUT2D eigenvalue weighted by Crippen LogP contribution is 2.08. The molecule has 1 heterocycles. The first-order valence-electron chi connectivity index (χ1n) is 6.08. The fourth-order valence-electron chi connectivity index (χ4n) is 1.61. The van der Waals surface area contributed by atoms with Crippen molar-refractivity contribution in [1.29, 1.82) is 0 Å². The molecule has 5 heteroatoms. The summed E-state index contributed by atoms with van der Waals surface area (Å²) < 4.78 is 0. The van der Waals surface area contributed by atoms with E-state index in [9.17, 15) is 4.79 Å². The van der Waals surface area contributed by atoms with Gasteiger partial charge in [0.2, 0.25) is 0 Å². The minimum absolute atomic E-state index is 0.141. The standard InChI is InChI=1S/C15H14N2O2S/c1-11-17-14(10-20-11)9-16-15(19)13-6-4-12(5-7-13)3-2-8-18/h4-7,10,18H,8-9H2,1H3,(H,16,19). The third kappa shape index (κ3) is 3.92. The zero-order valence-corrected chi connectivity index (χ0v) is 11.8. The van der Waals surface area contributed by atoms with E-state index in [1.807, 2.05) is 12.3 Å². The monoisotopic (exact) mass is 286 g/mol. The number of nitrogens with one attached hydrogen (secondary N) is 1. The van der Waals surface area contributed by atoms with Crippen LogP contribution in [0.2, 0.25) is 0 Å². The Kier molecular flexibility index (Phi) is 4.88. The number of carbonyl (C=O) groups is 1. The summed E-state index contributed by atoms with van der Waals surface area (Å²) in [4.78, 5) is 16.2. The van der Waals surface area contributed by atoms with E-state index in [-0.39, 0.29) is 12.5 Å². The maximum absolute atomic E-state index is 11.9. The van der Waals surface area contributed by atoms with E-state index in [1.54, 1.807) is 35.6 Å². The molecule has 0 atom stereocenters. The summed E-state index contributed by atoms with van der Waals surface area (Å²) in [5.41, 5.74) is 2.21. The molecule has 2 N–H and O–H groups in total. The summed E-state index contributed by atoms with van der Waals surface area (Å²) in [5, 5.41) is 14.3. The summed E-state index contributed by atoms with van der Waals surface area (Å²) >= 11 is 1.56. The lowest BCUT2D eigenvalue weighted by Crippen LogP contribution is -2.22. The Morgan fingerprint density at radius 2 is 2.15 bits per heavy atom. The normalized spacial score (nSPS) is 9.70. The van der Waals surface area contributed by atoms with Crippen molar-refractivity contribution in [3.63, 3.8) is 0 Å². The van der Waals surface area contributed by atoms with Crippen LogP contribution >= 0.6 is 11.3 Å². The summed E-state index contributed by atoms with van der Waals surface area (Å²) in [6.07, 6.45) is 0. The summed E-state index contributed by atoms with van der Waals surface area (Å²) in [5.74, 6) is 5.20. The molecule has 2 aromatic rings. The Morgan fingerprint density at radius 1 is 1.40 bits per heavy atom. The van der Waals surface area contributed by atoms with Gasteiger partial charge >= 0.3 is 0 Å². The van der Waals surface area contributed by atoms with Gasteiger partial charge in [-0.2, -0.15) is 0 Å². The van der Waals surface area contributed by atoms with E-state index in [4.69, 9.17) is 5.11 Å². The van der Waals surface area contributed by atoms with Crippen molar-refractivity contribution < 1.29 is 9.90 Å². The van der Waals surface area contributed by atoms with Gasteiger partial charge in [-0.15, -0.1) is 11.3 Å². The van der Waals surface area contributed by atoms with Gasteiger partial charge in [0.15, 0.2) is 0 Å². The minimum Gasteiger partial charge on any atom is -0.384 e. The van der Waals surface area contributed by atoms with Crippen LogP contribution in [0.3, 0.4) is 0 Å². The van der Waals surface area contributed by atoms with Crippen LogP contribution in [0.15, 0.2) is 29.6 Å². The predicted octanol–water partition coefficient (Wildman–Crippen LogP) is 1.73. The van der Waals surface area contributed by atoms with Crippen molar-refractivity contribution in [2.24, 2.45) is 0 Å². The Bertz CT molecular complexity index is 651. The Morgan fingerprint density at radius 3 is 2.75 bits per heavy atom. The fourth-order valence-corrected chi connectivity index (χ4v) is 2.22. The van der Waals surface area contributed by atoms with Gasteiger partial charge in [0.25, 0.3) is 5.91 Å². The highest BCUT2D eigenvalue weighted by Gasteiger charge is 2.06. The molecule has 1 amide bonds. The van der Waals surface area contributed by atoms with E-state index in [2.05, 4.69) is 22.1 Å². The van der Waals surface area contributed by atoms with Gasteiger partial charge in [-0.3, -0.25) is 4.79 Å². The molecule has 0 bridgehead atoms. The molecular formula is C15H14N2O2S. The topological polar surface area (TPSA) is 62.2 Å². The number of benzene rings is 1. The Labute approximate surface area is 121 Å². The molecule has 0 aliphatic carbocycles.